The Hall–Kier alpha value is -2.94. The molecule has 1 aromatic heterocycles. The van der Waals surface area contributed by atoms with Gasteiger partial charge in [0.1, 0.15) is 5.82 Å². The molecule has 0 aliphatic rings. The molecule has 4 N–H and O–H groups in total. The van der Waals surface area contributed by atoms with Gasteiger partial charge in [-0.15, -0.1) is 0 Å². The molecule has 2 aromatic rings. The van der Waals surface area contributed by atoms with Crippen LogP contribution in [-0.2, 0) is 14.8 Å². The second kappa shape index (κ2) is 6.44. The number of pyridine rings is 1. The zero-order valence-electron chi connectivity index (χ0n) is 12.1. The fourth-order valence-corrected chi connectivity index (χ4v) is 2.76. The summed E-state index contributed by atoms with van der Waals surface area (Å²) in [7, 11) is -3.91. The van der Waals surface area contributed by atoms with E-state index >= 15 is 0 Å². The number of carbonyl (C=O) groups excluding carboxylic acids is 2. The molecule has 23 heavy (non-hydrogen) atoms. The van der Waals surface area contributed by atoms with E-state index in [1.165, 1.54) is 36.5 Å². The van der Waals surface area contributed by atoms with Gasteiger partial charge in [0.25, 0.3) is 15.9 Å². The third kappa shape index (κ3) is 4.04. The van der Waals surface area contributed by atoms with E-state index in [1.807, 2.05) is 4.72 Å². The van der Waals surface area contributed by atoms with Crippen LogP contribution in [-0.4, -0.2) is 25.2 Å². The van der Waals surface area contributed by atoms with Crippen molar-refractivity contribution in [2.45, 2.75) is 11.8 Å². The summed E-state index contributed by atoms with van der Waals surface area (Å²) in [6, 6.07) is 8.45. The molecule has 2 amide bonds. The highest BCUT2D eigenvalue weighted by Crippen LogP contribution is 2.16. The molecule has 0 spiro atoms. The fourth-order valence-electron chi connectivity index (χ4n) is 1.77. The molecule has 2 rings (SSSR count). The van der Waals surface area contributed by atoms with Crippen LogP contribution < -0.4 is 15.8 Å². The van der Waals surface area contributed by atoms with E-state index < -0.39 is 21.8 Å². The van der Waals surface area contributed by atoms with Crippen molar-refractivity contribution in [3.63, 3.8) is 0 Å². The lowest BCUT2D eigenvalue weighted by Gasteiger charge is -2.08. The summed E-state index contributed by atoms with van der Waals surface area (Å²) < 4.78 is 25.4. The van der Waals surface area contributed by atoms with Gasteiger partial charge in [-0.25, -0.2) is 18.1 Å². The molecule has 0 bridgehead atoms. The maximum absolute atomic E-state index is 12.1. The lowest BCUT2D eigenvalue weighted by atomic mass is 10.2. The molecule has 0 aliphatic heterocycles. The van der Waals surface area contributed by atoms with Crippen LogP contribution in [0.5, 0.6) is 0 Å². The number of rotatable bonds is 4. The minimum absolute atomic E-state index is 0.0911. The molecule has 1 heterocycles. The zero-order chi connectivity index (χ0) is 17.0. The second-order valence-electron chi connectivity index (χ2n) is 4.58. The van der Waals surface area contributed by atoms with Gasteiger partial charge in [0.05, 0.1) is 10.5 Å². The molecule has 0 atom stereocenters. The largest absolute Gasteiger partial charge is 0.383 e. The molecule has 9 heteroatoms. The molecule has 8 nitrogen and oxygen atoms in total. The van der Waals surface area contributed by atoms with Gasteiger partial charge in [-0.05, 0) is 36.4 Å². The summed E-state index contributed by atoms with van der Waals surface area (Å²) in [5, 5.41) is 2.58. The Bertz CT molecular complexity index is 847. The van der Waals surface area contributed by atoms with Gasteiger partial charge in [0.15, 0.2) is 0 Å². The van der Waals surface area contributed by atoms with Gasteiger partial charge < -0.3 is 11.1 Å². The van der Waals surface area contributed by atoms with E-state index in [0.717, 1.165) is 6.92 Å². The SMILES string of the molecule is CC(=O)NS(=O)(=O)c1ccc(NC(=O)c2cccnc2N)cc1. The number of aromatic nitrogens is 1. The van der Waals surface area contributed by atoms with Crippen molar-refractivity contribution in [3.8, 4) is 0 Å². The average Bonchev–Trinajstić information content (AvgIpc) is 2.47. The number of sulfonamides is 1. The first-order valence-electron chi connectivity index (χ1n) is 6.45. The predicted molar refractivity (Wildman–Crippen MR) is 84.0 cm³/mol. The van der Waals surface area contributed by atoms with Gasteiger partial charge in [0.2, 0.25) is 5.91 Å². The number of anilines is 2. The highest BCUT2D eigenvalue weighted by atomic mass is 32.2. The Morgan fingerprint density at radius 1 is 1.13 bits per heavy atom. The first-order valence-corrected chi connectivity index (χ1v) is 7.93. The van der Waals surface area contributed by atoms with Crippen molar-refractivity contribution in [2.75, 3.05) is 11.1 Å². The molecule has 0 fully saturated rings. The van der Waals surface area contributed by atoms with Crippen molar-refractivity contribution >= 4 is 33.3 Å². The smallest absolute Gasteiger partial charge is 0.264 e. The molecular formula is C14H14N4O4S. The highest BCUT2D eigenvalue weighted by Gasteiger charge is 2.16. The van der Waals surface area contributed by atoms with E-state index in [4.69, 9.17) is 5.73 Å². The summed E-state index contributed by atoms with van der Waals surface area (Å²) in [5.74, 6) is -1.06. The number of nitrogens with two attached hydrogens (primary N) is 1. The number of amides is 2. The van der Waals surface area contributed by atoms with Gasteiger partial charge >= 0.3 is 0 Å². The summed E-state index contributed by atoms with van der Waals surface area (Å²) >= 11 is 0. The summed E-state index contributed by atoms with van der Waals surface area (Å²) in [6.07, 6.45) is 1.47. The average molecular weight is 334 g/mol. The Morgan fingerprint density at radius 3 is 2.35 bits per heavy atom. The van der Waals surface area contributed by atoms with Crippen molar-refractivity contribution in [2.24, 2.45) is 0 Å². The van der Waals surface area contributed by atoms with Crippen LogP contribution in [0.15, 0.2) is 47.5 Å². The normalized spacial score (nSPS) is 10.8. The molecular weight excluding hydrogens is 320 g/mol. The summed E-state index contributed by atoms with van der Waals surface area (Å²) in [5.41, 5.74) is 6.20. The second-order valence-corrected chi connectivity index (χ2v) is 6.26. The maximum atomic E-state index is 12.1. The van der Waals surface area contributed by atoms with Gasteiger partial charge in [-0.2, -0.15) is 0 Å². The van der Waals surface area contributed by atoms with Crippen molar-refractivity contribution in [1.82, 2.24) is 9.71 Å². The van der Waals surface area contributed by atoms with Crippen LogP contribution >= 0.6 is 0 Å². The van der Waals surface area contributed by atoms with Crippen molar-refractivity contribution < 1.29 is 18.0 Å². The number of nitrogens with zero attached hydrogens (tertiary/aromatic N) is 1. The van der Waals surface area contributed by atoms with Crippen molar-refractivity contribution in [1.29, 1.82) is 0 Å². The first-order chi connectivity index (χ1) is 10.8. The van der Waals surface area contributed by atoms with Crippen LogP contribution in [0.25, 0.3) is 0 Å². The number of nitrogen functional groups attached to an aromatic ring is 1. The zero-order valence-corrected chi connectivity index (χ0v) is 12.9. The van der Waals surface area contributed by atoms with E-state index in [0.29, 0.717) is 5.69 Å². The third-order valence-electron chi connectivity index (χ3n) is 2.78. The number of nitrogens with one attached hydrogen (secondary N) is 2. The van der Waals surface area contributed by atoms with Crippen LogP contribution in [0.3, 0.4) is 0 Å². The predicted octanol–water partition coefficient (Wildman–Crippen LogP) is 0.741. The van der Waals surface area contributed by atoms with Crippen LogP contribution in [0.4, 0.5) is 11.5 Å². The van der Waals surface area contributed by atoms with Gasteiger partial charge in [-0.1, -0.05) is 0 Å². The number of carbonyl (C=O) groups is 2. The number of hydrogen-bond acceptors (Lipinski definition) is 6. The van der Waals surface area contributed by atoms with Crippen molar-refractivity contribution in [3.05, 3.63) is 48.2 Å². The van der Waals surface area contributed by atoms with Crippen LogP contribution in [0.2, 0.25) is 0 Å². The van der Waals surface area contributed by atoms with E-state index in [9.17, 15) is 18.0 Å². The monoisotopic (exact) mass is 334 g/mol. The Labute approximate surface area is 132 Å². The standard InChI is InChI=1S/C14H14N4O4S/c1-9(19)18-23(21,22)11-6-4-10(5-7-11)17-14(20)12-3-2-8-16-13(12)15/h2-8H,1H3,(H2,15,16)(H,17,20)(H,18,19). The molecule has 120 valence electrons. The highest BCUT2D eigenvalue weighted by molar-refractivity contribution is 7.90. The lowest BCUT2D eigenvalue weighted by molar-refractivity contribution is -0.117. The van der Waals surface area contributed by atoms with Gasteiger partial charge in [0, 0.05) is 18.8 Å². The molecule has 0 radical (unpaired) electrons. The Balaban J connectivity index is 2.16. The van der Waals surface area contributed by atoms with Gasteiger partial charge in [-0.3, -0.25) is 9.59 Å². The van der Waals surface area contributed by atoms with Crippen LogP contribution in [0.1, 0.15) is 17.3 Å². The molecule has 0 saturated carbocycles. The first kappa shape index (κ1) is 16.4. The summed E-state index contributed by atoms with van der Waals surface area (Å²) in [4.78, 5) is 26.6. The maximum Gasteiger partial charge on any atom is 0.264 e. The minimum Gasteiger partial charge on any atom is -0.383 e. The minimum atomic E-state index is -3.91. The van der Waals surface area contributed by atoms with Crippen LogP contribution in [0, 0.1) is 0 Å². The Morgan fingerprint density at radius 2 is 1.78 bits per heavy atom. The molecule has 0 saturated heterocycles. The molecule has 0 unspecified atom stereocenters. The fraction of sp³-hybridized carbons (Fsp3) is 0.0714. The third-order valence-corrected chi connectivity index (χ3v) is 4.23. The summed E-state index contributed by atoms with van der Waals surface area (Å²) in [6.45, 7) is 1.10. The van der Waals surface area contributed by atoms with E-state index in [-0.39, 0.29) is 16.3 Å². The number of benzene rings is 1. The van der Waals surface area contributed by atoms with E-state index in [2.05, 4.69) is 10.3 Å². The topological polar surface area (TPSA) is 131 Å². The quantitative estimate of drug-likeness (QED) is 0.756. The Kier molecular flexibility index (Phi) is 4.60. The molecule has 0 aliphatic carbocycles. The molecule has 1 aromatic carbocycles. The van der Waals surface area contributed by atoms with E-state index in [1.54, 1.807) is 6.07 Å². The lowest BCUT2D eigenvalue weighted by Crippen LogP contribution is -2.28. The number of hydrogen-bond donors (Lipinski definition) is 3.